The minimum Gasteiger partial charge on any atom is -0.330 e. The highest BCUT2D eigenvalue weighted by molar-refractivity contribution is 5.94. The zero-order valence-corrected chi connectivity index (χ0v) is 9.44. The van der Waals surface area contributed by atoms with Crippen LogP contribution in [0.25, 0.3) is 0 Å². The highest BCUT2D eigenvalue weighted by atomic mass is 19.4. The maximum absolute atomic E-state index is 12.4. The van der Waals surface area contributed by atoms with Gasteiger partial charge in [0.15, 0.2) is 0 Å². The van der Waals surface area contributed by atoms with Gasteiger partial charge in [-0.25, -0.2) is 4.98 Å². The Morgan fingerprint density at radius 3 is 2.61 bits per heavy atom. The third-order valence-electron chi connectivity index (χ3n) is 2.89. The fourth-order valence-corrected chi connectivity index (χ4v) is 1.87. The van der Waals surface area contributed by atoms with Crippen molar-refractivity contribution < 1.29 is 18.0 Å². The van der Waals surface area contributed by atoms with Gasteiger partial charge in [-0.1, -0.05) is 0 Å². The molecule has 1 aromatic rings. The smallest absolute Gasteiger partial charge is 0.330 e. The number of amides is 1. The summed E-state index contributed by atoms with van der Waals surface area (Å²) in [4.78, 5) is 16.7. The van der Waals surface area contributed by atoms with Gasteiger partial charge in [-0.3, -0.25) is 9.69 Å². The van der Waals surface area contributed by atoms with Crippen LogP contribution in [0.4, 0.5) is 19.0 Å². The Morgan fingerprint density at radius 2 is 2.17 bits per heavy atom. The van der Waals surface area contributed by atoms with E-state index in [4.69, 9.17) is 5.73 Å². The zero-order chi connectivity index (χ0) is 13.3. The lowest BCUT2D eigenvalue weighted by atomic mass is 10.1. The average molecular weight is 259 g/mol. The van der Waals surface area contributed by atoms with Crippen molar-refractivity contribution >= 4 is 11.7 Å². The molecule has 1 fully saturated rings. The molecule has 1 aromatic heterocycles. The maximum atomic E-state index is 12.4. The van der Waals surface area contributed by atoms with Gasteiger partial charge in [0.05, 0.1) is 5.56 Å². The predicted molar refractivity (Wildman–Crippen MR) is 58.8 cm³/mol. The molecule has 18 heavy (non-hydrogen) atoms. The molecular formula is C11H12F3N3O. The van der Waals surface area contributed by atoms with Crippen LogP contribution in [0.3, 0.4) is 0 Å². The van der Waals surface area contributed by atoms with Gasteiger partial charge in [-0.15, -0.1) is 0 Å². The van der Waals surface area contributed by atoms with E-state index < -0.39 is 11.7 Å². The number of nitrogens with two attached hydrogens (primary N) is 1. The van der Waals surface area contributed by atoms with E-state index in [1.165, 1.54) is 11.0 Å². The number of carbonyl (C=O) groups excluding carboxylic acids is 1. The molecule has 1 aliphatic rings. The Morgan fingerprint density at radius 1 is 1.44 bits per heavy atom. The van der Waals surface area contributed by atoms with Gasteiger partial charge < -0.3 is 5.73 Å². The number of nitrogens with zero attached hydrogens (tertiary/aromatic N) is 2. The summed E-state index contributed by atoms with van der Waals surface area (Å²) >= 11 is 0. The number of aromatic nitrogens is 1. The number of hydrogen-bond donors (Lipinski definition) is 1. The number of alkyl halides is 3. The summed E-state index contributed by atoms with van der Waals surface area (Å²) in [5.41, 5.74) is 4.64. The lowest BCUT2D eigenvalue weighted by Gasteiger charge is -2.16. The molecule has 7 heteroatoms. The van der Waals surface area contributed by atoms with Crippen LogP contribution < -0.4 is 10.6 Å². The normalized spacial score (nSPS) is 20.6. The van der Waals surface area contributed by atoms with E-state index in [-0.39, 0.29) is 17.6 Å². The molecule has 0 spiro atoms. The quantitative estimate of drug-likeness (QED) is 0.873. The second-order valence-corrected chi connectivity index (χ2v) is 4.21. The number of carbonyl (C=O) groups is 1. The minimum atomic E-state index is -4.42. The molecule has 98 valence electrons. The van der Waals surface area contributed by atoms with E-state index in [0.717, 1.165) is 12.3 Å². The van der Waals surface area contributed by atoms with Gasteiger partial charge in [0, 0.05) is 19.2 Å². The minimum absolute atomic E-state index is 0.0431. The zero-order valence-electron chi connectivity index (χ0n) is 9.44. The van der Waals surface area contributed by atoms with Gasteiger partial charge in [-0.2, -0.15) is 13.2 Å². The van der Waals surface area contributed by atoms with Gasteiger partial charge in [-0.05, 0) is 24.6 Å². The van der Waals surface area contributed by atoms with Crippen LogP contribution in [0, 0.1) is 5.92 Å². The first-order valence-electron chi connectivity index (χ1n) is 5.45. The molecule has 1 amide bonds. The van der Waals surface area contributed by atoms with E-state index in [9.17, 15) is 18.0 Å². The van der Waals surface area contributed by atoms with Crippen LogP contribution in [0.15, 0.2) is 18.3 Å². The summed E-state index contributed by atoms with van der Waals surface area (Å²) in [5.74, 6) is 0.128. The Kier molecular flexibility index (Phi) is 3.25. The van der Waals surface area contributed by atoms with Gasteiger partial charge in [0.25, 0.3) is 0 Å². The Balaban J connectivity index is 2.18. The van der Waals surface area contributed by atoms with Crippen LogP contribution in [-0.2, 0) is 11.0 Å². The maximum Gasteiger partial charge on any atom is 0.417 e. The first-order valence-corrected chi connectivity index (χ1v) is 5.45. The van der Waals surface area contributed by atoms with Gasteiger partial charge in [0.1, 0.15) is 5.82 Å². The average Bonchev–Trinajstić information content (AvgIpc) is 2.70. The van der Waals surface area contributed by atoms with Crippen molar-refractivity contribution in [3.63, 3.8) is 0 Å². The first kappa shape index (κ1) is 12.8. The highest BCUT2D eigenvalue weighted by Crippen LogP contribution is 2.30. The Hall–Kier alpha value is -1.63. The molecule has 1 saturated heterocycles. The van der Waals surface area contributed by atoms with E-state index in [0.29, 0.717) is 19.5 Å². The number of hydrogen-bond acceptors (Lipinski definition) is 3. The molecular weight excluding hydrogens is 247 g/mol. The van der Waals surface area contributed by atoms with Crippen molar-refractivity contribution in [1.29, 1.82) is 0 Å². The molecule has 2 heterocycles. The predicted octanol–water partition coefficient (Wildman–Crippen LogP) is 1.41. The molecule has 1 atom stereocenters. The first-order chi connectivity index (χ1) is 8.41. The van der Waals surface area contributed by atoms with Gasteiger partial charge in [0.2, 0.25) is 5.91 Å². The summed E-state index contributed by atoms with van der Waals surface area (Å²) < 4.78 is 37.1. The van der Waals surface area contributed by atoms with Crippen molar-refractivity contribution in [1.82, 2.24) is 4.98 Å². The monoisotopic (exact) mass is 259 g/mol. The molecule has 4 nitrogen and oxygen atoms in total. The second kappa shape index (κ2) is 4.56. The lowest BCUT2D eigenvalue weighted by molar-refractivity contribution is -0.137. The van der Waals surface area contributed by atoms with Crippen LogP contribution in [0.5, 0.6) is 0 Å². The van der Waals surface area contributed by atoms with E-state index >= 15 is 0 Å². The largest absolute Gasteiger partial charge is 0.417 e. The van der Waals surface area contributed by atoms with E-state index in [2.05, 4.69) is 4.98 Å². The van der Waals surface area contributed by atoms with Crippen LogP contribution in [-0.4, -0.2) is 24.0 Å². The van der Waals surface area contributed by atoms with Crippen molar-refractivity contribution in [3.8, 4) is 0 Å². The molecule has 0 radical (unpaired) electrons. The summed E-state index contributed by atoms with van der Waals surface area (Å²) in [6, 6.07) is 2.13. The topological polar surface area (TPSA) is 59.2 Å². The second-order valence-electron chi connectivity index (χ2n) is 4.21. The molecule has 0 aromatic carbocycles. The molecule has 1 aliphatic heterocycles. The molecule has 0 saturated carbocycles. The molecule has 1 unspecified atom stereocenters. The molecule has 0 aliphatic carbocycles. The van der Waals surface area contributed by atoms with Crippen molar-refractivity contribution in [3.05, 3.63) is 23.9 Å². The summed E-state index contributed by atoms with van der Waals surface area (Å²) in [6.45, 7) is 0.788. The SMILES string of the molecule is NCC1CC(=O)N(c2ccc(C(F)(F)F)cn2)C1. The van der Waals surface area contributed by atoms with E-state index in [1.54, 1.807) is 0 Å². The summed E-state index contributed by atoms with van der Waals surface area (Å²) in [7, 11) is 0. The third-order valence-corrected chi connectivity index (χ3v) is 2.89. The van der Waals surface area contributed by atoms with Crippen molar-refractivity contribution in [2.24, 2.45) is 11.7 Å². The van der Waals surface area contributed by atoms with Crippen LogP contribution in [0.2, 0.25) is 0 Å². The van der Waals surface area contributed by atoms with Crippen molar-refractivity contribution in [2.75, 3.05) is 18.0 Å². The van der Waals surface area contributed by atoms with Crippen LogP contribution >= 0.6 is 0 Å². The standard InChI is InChI=1S/C11H12F3N3O/c12-11(13,14)8-1-2-9(16-5-8)17-6-7(4-15)3-10(17)18/h1-2,5,7H,3-4,6,15H2. The molecule has 2 rings (SSSR count). The van der Waals surface area contributed by atoms with Crippen LogP contribution in [0.1, 0.15) is 12.0 Å². The lowest BCUT2D eigenvalue weighted by Crippen LogP contribution is -2.26. The number of rotatable bonds is 2. The number of anilines is 1. The summed E-state index contributed by atoms with van der Waals surface area (Å²) in [5, 5.41) is 0. The molecule has 0 bridgehead atoms. The number of halogens is 3. The Bertz CT molecular complexity index is 444. The van der Waals surface area contributed by atoms with E-state index in [1.807, 2.05) is 0 Å². The molecule has 2 N–H and O–H groups in total. The fraction of sp³-hybridized carbons (Fsp3) is 0.455. The fourth-order valence-electron chi connectivity index (χ4n) is 1.87. The van der Waals surface area contributed by atoms with Crippen molar-refractivity contribution in [2.45, 2.75) is 12.6 Å². The Labute approximate surface area is 102 Å². The third kappa shape index (κ3) is 2.45. The highest BCUT2D eigenvalue weighted by Gasteiger charge is 2.33. The van der Waals surface area contributed by atoms with Gasteiger partial charge >= 0.3 is 6.18 Å². The summed E-state index contributed by atoms with van der Waals surface area (Å²) in [6.07, 6.45) is -3.36. The number of pyridine rings is 1.